The highest BCUT2D eigenvalue weighted by Gasteiger charge is 2.43. The van der Waals surface area contributed by atoms with Gasteiger partial charge < -0.3 is 10.4 Å². The molecule has 0 radical (unpaired) electrons. The smallest absolute Gasteiger partial charge is 0.353 e. The van der Waals surface area contributed by atoms with Gasteiger partial charge in [-0.25, -0.2) is 4.79 Å². The van der Waals surface area contributed by atoms with Gasteiger partial charge in [0.25, 0.3) is 0 Å². The molecule has 6 heteroatoms. The Labute approximate surface area is 99.1 Å². The maximum atomic E-state index is 10.8. The average Bonchev–Trinajstić information content (AvgIpc) is 2.70. The van der Waals surface area contributed by atoms with Crippen molar-refractivity contribution < 1.29 is 9.90 Å². The Kier molecular flexibility index (Phi) is 2.27. The maximum absolute atomic E-state index is 10.8. The van der Waals surface area contributed by atoms with Crippen molar-refractivity contribution in [3.8, 4) is 0 Å². The van der Waals surface area contributed by atoms with Crippen LogP contribution in [-0.2, 0) is 0 Å². The molecule has 1 aromatic heterocycles. The van der Waals surface area contributed by atoms with E-state index in [-0.39, 0.29) is 16.8 Å². The van der Waals surface area contributed by atoms with Gasteiger partial charge in [-0.1, -0.05) is 0 Å². The van der Waals surface area contributed by atoms with Crippen molar-refractivity contribution in [2.45, 2.75) is 38.8 Å². The van der Waals surface area contributed by atoms with Crippen LogP contribution in [0.3, 0.4) is 0 Å². The second-order valence-electron chi connectivity index (χ2n) is 5.24. The monoisotopic (exact) mass is 236 g/mol. The van der Waals surface area contributed by atoms with Crippen molar-refractivity contribution >= 4 is 11.8 Å². The number of aromatic amines is 1. The summed E-state index contributed by atoms with van der Waals surface area (Å²) in [6, 6.07) is 1.48. The van der Waals surface area contributed by atoms with Crippen LogP contribution < -0.4 is 5.32 Å². The van der Waals surface area contributed by atoms with Gasteiger partial charge in [0.2, 0.25) is 0 Å². The molecule has 3 N–H and O–H groups in total. The number of aromatic carboxylic acids is 1. The van der Waals surface area contributed by atoms with E-state index in [1.165, 1.54) is 6.07 Å². The molecule has 0 fully saturated rings. The Bertz CT molecular complexity index is 499. The minimum absolute atomic E-state index is 0.0620. The van der Waals surface area contributed by atoms with Crippen molar-refractivity contribution in [1.29, 1.82) is 0 Å². The lowest BCUT2D eigenvalue weighted by Crippen LogP contribution is -2.50. The number of nitrogens with one attached hydrogen (secondary N) is 2. The summed E-state index contributed by atoms with van der Waals surface area (Å²) in [5.41, 5.74) is 0.142. The van der Waals surface area contributed by atoms with Crippen LogP contribution in [-0.4, -0.2) is 38.2 Å². The largest absolute Gasteiger partial charge is 0.477 e. The van der Waals surface area contributed by atoms with Gasteiger partial charge >= 0.3 is 5.97 Å². The molecule has 2 rings (SSSR count). The minimum atomic E-state index is -1.03. The molecular formula is C11H16N4O2. The molecular weight excluding hydrogens is 220 g/mol. The zero-order valence-electron chi connectivity index (χ0n) is 10.3. The molecule has 1 aliphatic heterocycles. The molecule has 0 aromatic carbocycles. The highest BCUT2D eigenvalue weighted by atomic mass is 16.4. The fraction of sp³-hybridized carbons (Fsp3) is 0.545. The summed E-state index contributed by atoms with van der Waals surface area (Å²) < 4.78 is 0. The van der Waals surface area contributed by atoms with Crippen molar-refractivity contribution in [2.24, 2.45) is 4.99 Å². The number of H-pyrrole nitrogens is 1. The number of aliphatic imine (C=N–C) groups is 1. The molecule has 0 unspecified atom stereocenters. The predicted octanol–water partition coefficient (Wildman–Crippen LogP) is 1.01. The minimum Gasteiger partial charge on any atom is -0.477 e. The predicted molar refractivity (Wildman–Crippen MR) is 63.4 cm³/mol. The second-order valence-corrected chi connectivity index (χ2v) is 5.24. The van der Waals surface area contributed by atoms with Gasteiger partial charge in [-0.05, 0) is 27.7 Å². The van der Waals surface area contributed by atoms with Crippen LogP contribution >= 0.6 is 0 Å². The summed E-state index contributed by atoms with van der Waals surface area (Å²) in [7, 11) is 0. The van der Waals surface area contributed by atoms with Crippen molar-refractivity contribution in [3.05, 3.63) is 17.5 Å². The topological polar surface area (TPSA) is 90.4 Å². The first-order chi connectivity index (χ1) is 7.73. The number of carbonyl (C=O) groups is 1. The Morgan fingerprint density at radius 3 is 2.41 bits per heavy atom. The quantitative estimate of drug-likeness (QED) is 0.715. The van der Waals surface area contributed by atoms with Gasteiger partial charge in [-0.15, -0.1) is 0 Å². The van der Waals surface area contributed by atoms with Crippen LogP contribution in [0.4, 0.5) is 0 Å². The molecule has 0 saturated carbocycles. The van der Waals surface area contributed by atoms with Gasteiger partial charge in [0.05, 0.1) is 11.1 Å². The summed E-state index contributed by atoms with van der Waals surface area (Å²) in [6.45, 7) is 8.15. The van der Waals surface area contributed by atoms with E-state index in [2.05, 4.69) is 20.5 Å². The molecule has 2 heterocycles. The summed E-state index contributed by atoms with van der Waals surface area (Å²) in [5.74, 6) is -0.399. The summed E-state index contributed by atoms with van der Waals surface area (Å²) in [6.07, 6.45) is 0. The van der Waals surface area contributed by atoms with E-state index in [0.29, 0.717) is 11.5 Å². The SMILES string of the molecule is CC1(C)N=C(c2cc(C(=O)O)[nH]n2)NC1(C)C. The second kappa shape index (κ2) is 3.32. The number of hydrogen-bond donors (Lipinski definition) is 3. The highest BCUT2D eigenvalue weighted by molar-refractivity contribution is 6.01. The summed E-state index contributed by atoms with van der Waals surface area (Å²) in [5, 5.41) is 18.5. The van der Waals surface area contributed by atoms with Crippen LogP contribution in [0.25, 0.3) is 0 Å². The zero-order chi connectivity index (χ0) is 12.8. The molecule has 0 atom stereocenters. The lowest BCUT2D eigenvalue weighted by Gasteiger charge is -2.32. The molecule has 0 bridgehead atoms. The average molecular weight is 236 g/mol. The van der Waals surface area contributed by atoms with E-state index in [1.54, 1.807) is 0 Å². The van der Waals surface area contributed by atoms with Crippen molar-refractivity contribution in [3.63, 3.8) is 0 Å². The number of hydrogen-bond acceptors (Lipinski definition) is 4. The van der Waals surface area contributed by atoms with E-state index in [4.69, 9.17) is 5.11 Å². The molecule has 0 spiro atoms. The number of rotatable bonds is 2. The lowest BCUT2D eigenvalue weighted by molar-refractivity contribution is 0.0690. The van der Waals surface area contributed by atoms with Gasteiger partial charge in [-0.3, -0.25) is 10.1 Å². The van der Waals surface area contributed by atoms with Crippen LogP contribution in [0, 0.1) is 0 Å². The lowest BCUT2D eigenvalue weighted by atomic mass is 9.85. The number of carboxylic acids is 1. The first-order valence-electron chi connectivity index (χ1n) is 5.40. The summed E-state index contributed by atoms with van der Waals surface area (Å²) in [4.78, 5) is 15.3. The fourth-order valence-electron chi connectivity index (χ4n) is 1.57. The molecule has 1 aromatic rings. The first kappa shape index (κ1) is 11.6. The van der Waals surface area contributed by atoms with Crippen LogP contribution in [0.15, 0.2) is 11.1 Å². The fourth-order valence-corrected chi connectivity index (χ4v) is 1.57. The number of aromatic nitrogens is 2. The van der Waals surface area contributed by atoms with Crippen LogP contribution in [0.5, 0.6) is 0 Å². The van der Waals surface area contributed by atoms with E-state index >= 15 is 0 Å². The van der Waals surface area contributed by atoms with Crippen molar-refractivity contribution in [1.82, 2.24) is 15.5 Å². The molecule has 1 aliphatic rings. The third-order valence-electron chi connectivity index (χ3n) is 3.40. The third kappa shape index (κ3) is 1.79. The van der Waals surface area contributed by atoms with Gasteiger partial charge in [-0.2, -0.15) is 5.10 Å². The van der Waals surface area contributed by atoms with E-state index < -0.39 is 5.97 Å². The number of amidine groups is 1. The van der Waals surface area contributed by atoms with E-state index in [1.807, 2.05) is 27.7 Å². The standard InChI is InChI=1S/C11H16N4O2/c1-10(2)11(3,4)13-8(12-10)6-5-7(9(16)17)15-14-6/h5H,1-4H3,(H,12,13)(H,14,15)(H,16,17). The molecule has 0 saturated heterocycles. The number of nitrogens with zero attached hydrogens (tertiary/aromatic N) is 2. The molecule has 17 heavy (non-hydrogen) atoms. The molecule has 0 amide bonds. The van der Waals surface area contributed by atoms with Gasteiger partial charge in [0, 0.05) is 6.07 Å². The third-order valence-corrected chi connectivity index (χ3v) is 3.40. The molecule has 0 aliphatic carbocycles. The Balaban J connectivity index is 2.34. The van der Waals surface area contributed by atoms with Crippen LogP contribution in [0.1, 0.15) is 43.9 Å². The van der Waals surface area contributed by atoms with Crippen LogP contribution in [0.2, 0.25) is 0 Å². The Morgan fingerprint density at radius 1 is 1.35 bits per heavy atom. The van der Waals surface area contributed by atoms with E-state index in [9.17, 15) is 4.79 Å². The van der Waals surface area contributed by atoms with Crippen molar-refractivity contribution in [2.75, 3.05) is 0 Å². The zero-order valence-corrected chi connectivity index (χ0v) is 10.3. The Morgan fingerprint density at radius 2 is 2.00 bits per heavy atom. The Hall–Kier alpha value is -1.85. The number of carboxylic acid groups (broad SMARTS) is 1. The normalized spacial score (nSPS) is 20.8. The first-order valence-corrected chi connectivity index (χ1v) is 5.40. The molecule has 6 nitrogen and oxygen atoms in total. The summed E-state index contributed by atoms with van der Waals surface area (Å²) >= 11 is 0. The van der Waals surface area contributed by atoms with Gasteiger partial charge in [0.15, 0.2) is 0 Å². The van der Waals surface area contributed by atoms with E-state index in [0.717, 1.165) is 0 Å². The van der Waals surface area contributed by atoms with Gasteiger partial charge in [0.1, 0.15) is 17.2 Å². The maximum Gasteiger partial charge on any atom is 0.353 e. The highest BCUT2D eigenvalue weighted by Crippen LogP contribution is 2.31. The molecule has 92 valence electrons.